The van der Waals surface area contributed by atoms with Crippen LogP contribution in [-0.4, -0.2) is 10.5 Å². The topological polar surface area (TPSA) is 9.23 Å². The van der Waals surface area contributed by atoms with Gasteiger partial charge >= 0.3 is 10.5 Å². The van der Waals surface area contributed by atoms with Crippen LogP contribution in [0.25, 0.3) is 0 Å². The summed E-state index contributed by atoms with van der Waals surface area (Å²) in [6.45, 7) is 10.0. The van der Waals surface area contributed by atoms with E-state index in [1.165, 1.54) is 22.3 Å². The third-order valence-electron chi connectivity index (χ3n) is 2.57. The van der Waals surface area contributed by atoms with Crippen molar-refractivity contribution >= 4 is 10.5 Å². The van der Waals surface area contributed by atoms with Gasteiger partial charge in [-0.05, 0) is 49.4 Å². The normalized spacial score (nSPS) is 10.0. The third-order valence-corrected chi connectivity index (χ3v) is 2.77. The maximum absolute atomic E-state index is 5.25. The number of aryl methyl sites for hydroxylation is 2. The minimum absolute atomic E-state index is 0.840. The molecule has 1 rings (SSSR count). The second kappa shape index (κ2) is 4.47. The zero-order chi connectivity index (χ0) is 10.7. The molecule has 1 aromatic carbocycles. The molecule has 0 aromatic heterocycles. The van der Waals surface area contributed by atoms with Crippen LogP contribution in [0.15, 0.2) is 18.7 Å². The molecular weight excluding hydrogens is 188 g/mol. The molecule has 0 heterocycles. The van der Waals surface area contributed by atoms with Gasteiger partial charge < -0.3 is 4.43 Å². The Morgan fingerprint density at radius 3 is 2.50 bits per heavy atom. The van der Waals surface area contributed by atoms with E-state index in [4.69, 9.17) is 4.43 Å². The quantitative estimate of drug-likeness (QED) is 0.542. The lowest BCUT2D eigenvalue weighted by Gasteiger charge is -2.15. The molecule has 73 valence electrons. The molecule has 0 atom stereocenters. The molecule has 0 aliphatic rings. The predicted molar refractivity (Wildman–Crippen MR) is 60.9 cm³/mol. The van der Waals surface area contributed by atoms with Gasteiger partial charge in [0, 0.05) is 0 Å². The molecule has 2 heteroatoms. The lowest BCUT2D eigenvalue weighted by atomic mass is 9.97. The Labute approximate surface area is 89.3 Å². The summed E-state index contributed by atoms with van der Waals surface area (Å²) in [6, 6.07) is 2.18. The maximum atomic E-state index is 5.25. The van der Waals surface area contributed by atoms with E-state index in [2.05, 4.69) is 43.9 Å². The summed E-state index contributed by atoms with van der Waals surface area (Å²) in [6.07, 6.45) is 2.73. The summed E-state index contributed by atoms with van der Waals surface area (Å²) in [5.41, 5.74) is 4.89. The summed E-state index contributed by atoms with van der Waals surface area (Å²) in [5, 5.41) is 0. The number of benzene rings is 1. The van der Waals surface area contributed by atoms with Crippen molar-refractivity contribution in [2.24, 2.45) is 0 Å². The average molecular weight is 203 g/mol. The Balaban J connectivity index is 3.38. The molecule has 14 heavy (non-hydrogen) atoms. The van der Waals surface area contributed by atoms with Crippen molar-refractivity contribution in [3.05, 3.63) is 41.0 Å². The molecule has 0 N–H and O–H groups in total. The van der Waals surface area contributed by atoms with Crippen LogP contribution in [0, 0.1) is 20.8 Å². The van der Waals surface area contributed by atoms with Gasteiger partial charge in [0.2, 0.25) is 0 Å². The van der Waals surface area contributed by atoms with E-state index in [1.807, 2.05) is 6.08 Å². The highest BCUT2D eigenvalue weighted by Gasteiger charge is 2.10. The number of hydrogen-bond donors (Lipinski definition) is 0. The highest BCUT2D eigenvalue weighted by molar-refractivity contribution is 6.00. The van der Waals surface area contributed by atoms with E-state index >= 15 is 0 Å². The zero-order valence-electron chi connectivity index (χ0n) is 8.98. The molecule has 0 fully saturated rings. The van der Waals surface area contributed by atoms with Crippen molar-refractivity contribution < 1.29 is 4.43 Å². The first-order valence-electron chi connectivity index (χ1n) is 4.66. The lowest BCUT2D eigenvalue weighted by molar-refractivity contribution is 0.600. The zero-order valence-corrected chi connectivity index (χ0v) is 9.98. The van der Waals surface area contributed by atoms with Gasteiger partial charge in [0.25, 0.3) is 0 Å². The Morgan fingerprint density at radius 2 is 2.00 bits per heavy atom. The Morgan fingerprint density at radius 1 is 1.36 bits per heavy atom. The third kappa shape index (κ3) is 1.90. The lowest BCUT2D eigenvalue weighted by Crippen LogP contribution is -2.00. The first-order valence-corrected chi connectivity index (χ1v) is 5.06. The van der Waals surface area contributed by atoms with Gasteiger partial charge in [-0.2, -0.15) is 0 Å². The molecule has 0 aliphatic heterocycles. The molecule has 0 aliphatic carbocycles. The highest BCUT2D eigenvalue weighted by atomic mass is 28.2. The van der Waals surface area contributed by atoms with Crippen molar-refractivity contribution in [1.29, 1.82) is 0 Å². The number of rotatable bonds is 3. The molecule has 1 aromatic rings. The van der Waals surface area contributed by atoms with Crippen molar-refractivity contribution in [3.8, 4) is 5.75 Å². The maximum Gasteiger partial charge on any atom is 0.341 e. The first kappa shape index (κ1) is 11.1. The molecule has 0 unspecified atom stereocenters. The summed E-state index contributed by atoms with van der Waals surface area (Å²) in [5.74, 6) is 0.930. The largest absolute Gasteiger partial charge is 0.540 e. The van der Waals surface area contributed by atoms with Crippen LogP contribution < -0.4 is 4.43 Å². The van der Waals surface area contributed by atoms with Gasteiger partial charge in [-0.25, -0.2) is 0 Å². The molecule has 3 radical (unpaired) electrons. The van der Waals surface area contributed by atoms with Crippen molar-refractivity contribution in [2.45, 2.75) is 27.2 Å². The SMILES string of the molecule is C=CCc1c(C)cc(C)c(C)c1O[Si]. The van der Waals surface area contributed by atoms with Gasteiger partial charge in [0.05, 0.1) is 0 Å². The van der Waals surface area contributed by atoms with Crippen LogP contribution in [0.3, 0.4) is 0 Å². The summed E-state index contributed by atoms with van der Waals surface area (Å²) in [7, 11) is 3.11. The van der Waals surface area contributed by atoms with Crippen molar-refractivity contribution in [1.82, 2.24) is 0 Å². The van der Waals surface area contributed by atoms with E-state index in [9.17, 15) is 0 Å². The Hall–Kier alpha value is -1.02. The van der Waals surface area contributed by atoms with E-state index < -0.39 is 0 Å². The van der Waals surface area contributed by atoms with Crippen LogP contribution in [0.5, 0.6) is 5.75 Å². The average Bonchev–Trinajstić information content (AvgIpc) is 2.15. The first-order chi connectivity index (χ1) is 6.61. The summed E-state index contributed by atoms with van der Waals surface area (Å²) in [4.78, 5) is 0. The Kier molecular flexibility index (Phi) is 3.53. The second-order valence-electron chi connectivity index (χ2n) is 3.54. The fourth-order valence-electron chi connectivity index (χ4n) is 1.64. The van der Waals surface area contributed by atoms with Crippen LogP contribution >= 0.6 is 0 Å². The minimum atomic E-state index is 0.840. The minimum Gasteiger partial charge on any atom is -0.540 e. The van der Waals surface area contributed by atoms with E-state index in [-0.39, 0.29) is 0 Å². The molecule has 1 nitrogen and oxygen atoms in total. The fraction of sp³-hybridized carbons (Fsp3) is 0.333. The van der Waals surface area contributed by atoms with Crippen LogP contribution in [0.4, 0.5) is 0 Å². The molecule has 0 saturated carbocycles. The van der Waals surface area contributed by atoms with Crippen molar-refractivity contribution in [2.75, 3.05) is 0 Å². The van der Waals surface area contributed by atoms with Crippen molar-refractivity contribution in [3.63, 3.8) is 0 Å². The van der Waals surface area contributed by atoms with Gasteiger partial charge in [0.1, 0.15) is 5.75 Å². The fourth-order valence-corrected chi connectivity index (χ4v) is 1.92. The van der Waals surface area contributed by atoms with E-state index in [1.54, 1.807) is 0 Å². The predicted octanol–water partition coefficient (Wildman–Crippen LogP) is 2.80. The molecule has 0 spiro atoms. The number of allylic oxidation sites excluding steroid dienone is 1. The van der Waals surface area contributed by atoms with E-state index in [0.29, 0.717) is 0 Å². The molecule has 0 amide bonds. The summed E-state index contributed by atoms with van der Waals surface area (Å²) < 4.78 is 5.25. The highest BCUT2D eigenvalue weighted by Crippen LogP contribution is 2.29. The van der Waals surface area contributed by atoms with Crippen LogP contribution in [0.2, 0.25) is 0 Å². The van der Waals surface area contributed by atoms with Gasteiger partial charge in [-0.15, -0.1) is 6.58 Å². The molecular formula is C12H15OSi. The van der Waals surface area contributed by atoms with Gasteiger partial charge in [0.15, 0.2) is 0 Å². The Bertz CT molecular complexity index is 356. The molecule has 0 saturated heterocycles. The molecule has 0 bridgehead atoms. The van der Waals surface area contributed by atoms with Crippen LogP contribution in [0.1, 0.15) is 22.3 Å². The van der Waals surface area contributed by atoms with Crippen LogP contribution in [-0.2, 0) is 6.42 Å². The van der Waals surface area contributed by atoms with Gasteiger partial charge in [-0.3, -0.25) is 0 Å². The van der Waals surface area contributed by atoms with E-state index in [0.717, 1.165) is 12.2 Å². The summed E-state index contributed by atoms with van der Waals surface area (Å²) >= 11 is 0. The smallest absolute Gasteiger partial charge is 0.341 e. The standard InChI is InChI=1S/C12H15OSi/c1-5-6-11-9(3)7-8(2)10(4)12(11)13-14/h5,7H,1,6H2,2-4H3. The number of hydrogen-bond acceptors (Lipinski definition) is 1. The second-order valence-corrected chi connectivity index (χ2v) is 3.74. The van der Waals surface area contributed by atoms with Gasteiger partial charge in [-0.1, -0.05) is 12.1 Å². The monoisotopic (exact) mass is 203 g/mol.